The summed E-state index contributed by atoms with van der Waals surface area (Å²) in [6.45, 7) is 4.23. The van der Waals surface area contributed by atoms with Gasteiger partial charge in [-0.25, -0.2) is 9.78 Å². The summed E-state index contributed by atoms with van der Waals surface area (Å²) in [5.74, 6) is 2.66. The van der Waals surface area contributed by atoms with Crippen molar-refractivity contribution in [1.82, 2.24) is 9.55 Å². The largest absolute Gasteiger partial charge is 0.506 e. The Hall–Kier alpha value is -4.14. The predicted octanol–water partition coefficient (Wildman–Crippen LogP) is 4.86. The number of phenolic OH excluding ortho intramolecular Hbond substituents is 1. The van der Waals surface area contributed by atoms with E-state index in [2.05, 4.69) is 11.9 Å². The van der Waals surface area contributed by atoms with Gasteiger partial charge in [0.25, 0.3) is 0 Å². The van der Waals surface area contributed by atoms with Gasteiger partial charge in [0, 0.05) is 36.1 Å². The first-order valence-corrected chi connectivity index (χ1v) is 12.3. The first-order chi connectivity index (χ1) is 18.0. The van der Waals surface area contributed by atoms with E-state index < -0.39 is 5.97 Å². The predicted molar refractivity (Wildman–Crippen MR) is 138 cm³/mol. The van der Waals surface area contributed by atoms with Crippen molar-refractivity contribution in [2.45, 2.75) is 39.5 Å². The van der Waals surface area contributed by atoms with Gasteiger partial charge in [-0.15, -0.1) is 0 Å². The summed E-state index contributed by atoms with van der Waals surface area (Å²) < 4.78 is 29.0. The summed E-state index contributed by atoms with van der Waals surface area (Å²) in [4.78, 5) is 17.7. The third-order valence-corrected chi connectivity index (χ3v) is 6.06. The standard InChI is InChI=1S/C28H32N2O7/c1-5-7-8-27-29-16-20(30(27)22-10-9-21(33-3)14-23(22)31)12-19(28(32)35-6-2)11-18-13-25-26(37-17-36-25)15-24(18)34-4/h9-10,12-16,31H,5-8,11,17H2,1-4H3. The topological polar surface area (TPSA) is 101 Å². The van der Waals surface area contributed by atoms with Crippen LogP contribution in [-0.4, -0.2) is 48.2 Å². The van der Waals surface area contributed by atoms with Crippen LogP contribution in [0, 0.1) is 0 Å². The van der Waals surface area contributed by atoms with Crippen LogP contribution < -0.4 is 18.9 Å². The first-order valence-electron chi connectivity index (χ1n) is 12.3. The summed E-state index contributed by atoms with van der Waals surface area (Å²) in [5.41, 5.74) is 2.32. The van der Waals surface area contributed by atoms with Gasteiger partial charge in [-0.3, -0.25) is 4.57 Å². The number of benzene rings is 2. The Bertz CT molecular complexity index is 1300. The van der Waals surface area contributed by atoms with Crippen LogP contribution in [-0.2, 0) is 22.4 Å². The number of fused-ring (bicyclic) bond motifs is 1. The Balaban J connectivity index is 1.81. The Kier molecular flexibility index (Phi) is 8.22. The van der Waals surface area contributed by atoms with Gasteiger partial charge in [0.2, 0.25) is 6.79 Å². The number of carbonyl (C=O) groups is 1. The molecule has 0 atom stereocenters. The van der Waals surface area contributed by atoms with Gasteiger partial charge >= 0.3 is 5.97 Å². The lowest BCUT2D eigenvalue weighted by atomic mass is 10.0. The fourth-order valence-corrected chi connectivity index (χ4v) is 4.20. The molecule has 1 aromatic heterocycles. The molecule has 0 saturated heterocycles. The van der Waals surface area contributed by atoms with E-state index >= 15 is 0 Å². The van der Waals surface area contributed by atoms with Gasteiger partial charge in [0.05, 0.1) is 38.4 Å². The number of imidazole rings is 1. The smallest absolute Gasteiger partial charge is 0.334 e. The maximum Gasteiger partial charge on any atom is 0.334 e. The minimum Gasteiger partial charge on any atom is -0.506 e. The Morgan fingerprint density at radius 1 is 1.14 bits per heavy atom. The average Bonchev–Trinajstić information content (AvgIpc) is 3.52. The molecule has 0 spiro atoms. The molecule has 196 valence electrons. The minimum atomic E-state index is -0.455. The van der Waals surface area contributed by atoms with Crippen molar-refractivity contribution in [3.05, 3.63) is 59.2 Å². The number of aromatic hydroxyl groups is 1. The Morgan fingerprint density at radius 3 is 2.59 bits per heavy atom. The van der Waals surface area contributed by atoms with Crippen LogP contribution in [0.3, 0.4) is 0 Å². The summed E-state index contributed by atoms with van der Waals surface area (Å²) in [6, 6.07) is 8.66. The van der Waals surface area contributed by atoms with Crippen LogP contribution in [0.15, 0.2) is 42.1 Å². The maximum atomic E-state index is 13.1. The number of phenols is 1. The molecule has 9 heteroatoms. The molecular formula is C28H32N2O7. The molecule has 1 aliphatic heterocycles. The minimum absolute atomic E-state index is 0.0415. The maximum absolute atomic E-state index is 13.1. The quantitative estimate of drug-likeness (QED) is 0.290. The average molecular weight is 509 g/mol. The van der Waals surface area contributed by atoms with Crippen molar-refractivity contribution in [2.75, 3.05) is 27.6 Å². The summed E-state index contributed by atoms with van der Waals surface area (Å²) in [6.07, 6.45) is 6.29. The highest BCUT2D eigenvalue weighted by atomic mass is 16.7. The molecule has 9 nitrogen and oxygen atoms in total. The summed E-state index contributed by atoms with van der Waals surface area (Å²) >= 11 is 0. The fourth-order valence-electron chi connectivity index (χ4n) is 4.20. The number of rotatable bonds is 11. The zero-order valence-electron chi connectivity index (χ0n) is 21.6. The number of nitrogens with zero attached hydrogens (tertiary/aromatic N) is 2. The Morgan fingerprint density at radius 2 is 1.92 bits per heavy atom. The van der Waals surface area contributed by atoms with Gasteiger partial charge in [-0.2, -0.15) is 0 Å². The van der Waals surface area contributed by atoms with E-state index in [4.69, 9.17) is 23.7 Å². The zero-order valence-corrected chi connectivity index (χ0v) is 21.6. The molecule has 0 radical (unpaired) electrons. The lowest BCUT2D eigenvalue weighted by molar-refractivity contribution is -0.138. The molecule has 37 heavy (non-hydrogen) atoms. The molecule has 2 heterocycles. The molecule has 0 fully saturated rings. The molecule has 0 aliphatic carbocycles. The SMILES string of the molecule is CCCCc1ncc(C=C(Cc2cc3c(cc2OC)OCO3)C(=O)OCC)n1-c1ccc(OC)cc1O. The van der Waals surface area contributed by atoms with E-state index in [9.17, 15) is 9.90 Å². The van der Waals surface area contributed by atoms with Crippen molar-refractivity contribution in [3.63, 3.8) is 0 Å². The highest BCUT2D eigenvalue weighted by Gasteiger charge is 2.22. The van der Waals surface area contributed by atoms with E-state index in [1.165, 1.54) is 0 Å². The highest BCUT2D eigenvalue weighted by molar-refractivity contribution is 5.94. The van der Waals surface area contributed by atoms with Crippen molar-refractivity contribution in [2.24, 2.45) is 0 Å². The third kappa shape index (κ3) is 5.66. The van der Waals surface area contributed by atoms with E-state index in [0.29, 0.717) is 46.4 Å². The third-order valence-electron chi connectivity index (χ3n) is 6.06. The molecule has 0 unspecified atom stereocenters. The van der Waals surface area contributed by atoms with Crippen LogP contribution in [0.4, 0.5) is 0 Å². The van der Waals surface area contributed by atoms with Gasteiger partial charge < -0.3 is 28.8 Å². The Labute approximate surface area is 216 Å². The number of aromatic nitrogens is 2. The van der Waals surface area contributed by atoms with Crippen LogP contribution in [0.5, 0.6) is 28.7 Å². The molecule has 1 N–H and O–H groups in total. The second kappa shape index (κ2) is 11.7. The molecule has 0 saturated carbocycles. The van der Waals surface area contributed by atoms with Gasteiger partial charge in [0.15, 0.2) is 11.5 Å². The van der Waals surface area contributed by atoms with Crippen LogP contribution >= 0.6 is 0 Å². The first kappa shape index (κ1) is 25.9. The molecular weight excluding hydrogens is 476 g/mol. The number of esters is 1. The molecule has 1 aliphatic rings. The molecule has 0 bridgehead atoms. The highest BCUT2D eigenvalue weighted by Crippen LogP contribution is 2.39. The van der Waals surface area contributed by atoms with E-state index in [0.717, 1.165) is 24.2 Å². The summed E-state index contributed by atoms with van der Waals surface area (Å²) in [7, 11) is 3.11. The number of ether oxygens (including phenoxy) is 5. The van der Waals surface area contributed by atoms with Crippen molar-refractivity contribution in [3.8, 4) is 34.4 Å². The van der Waals surface area contributed by atoms with Gasteiger partial charge in [-0.05, 0) is 37.6 Å². The lowest BCUT2D eigenvalue weighted by Gasteiger charge is -2.15. The second-order valence-corrected chi connectivity index (χ2v) is 8.48. The lowest BCUT2D eigenvalue weighted by Crippen LogP contribution is -2.11. The molecule has 3 aromatic rings. The molecule has 4 rings (SSSR count). The molecule has 0 amide bonds. The number of methoxy groups -OCH3 is 2. The monoisotopic (exact) mass is 508 g/mol. The number of hydrogen-bond donors (Lipinski definition) is 1. The summed E-state index contributed by atoms with van der Waals surface area (Å²) in [5, 5.41) is 10.8. The second-order valence-electron chi connectivity index (χ2n) is 8.48. The number of unbranched alkanes of at least 4 members (excludes halogenated alkanes) is 1. The van der Waals surface area contributed by atoms with Crippen molar-refractivity contribution >= 4 is 12.0 Å². The number of hydrogen-bond acceptors (Lipinski definition) is 8. The fraction of sp³-hybridized carbons (Fsp3) is 0.357. The normalized spacial score (nSPS) is 12.5. The van der Waals surface area contributed by atoms with Crippen LogP contribution in [0.25, 0.3) is 11.8 Å². The van der Waals surface area contributed by atoms with Gasteiger partial charge in [-0.1, -0.05) is 13.3 Å². The van der Waals surface area contributed by atoms with E-state index in [1.807, 2.05) is 10.6 Å². The van der Waals surface area contributed by atoms with Crippen molar-refractivity contribution < 1.29 is 33.6 Å². The molecule has 2 aromatic carbocycles. The zero-order chi connectivity index (χ0) is 26.4. The van der Waals surface area contributed by atoms with E-state index in [-0.39, 0.29) is 25.6 Å². The van der Waals surface area contributed by atoms with E-state index in [1.54, 1.807) is 57.7 Å². The van der Waals surface area contributed by atoms with Crippen LogP contribution in [0.1, 0.15) is 43.8 Å². The van der Waals surface area contributed by atoms with Gasteiger partial charge in [0.1, 0.15) is 23.1 Å². The van der Waals surface area contributed by atoms with Crippen molar-refractivity contribution in [1.29, 1.82) is 0 Å². The number of aryl methyl sites for hydroxylation is 1. The number of carbonyl (C=O) groups excluding carboxylic acids is 1. The van der Waals surface area contributed by atoms with Crippen LogP contribution in [0.2, 0.25) is 0 Å².